The van der Waals surface area contributed by atoms with Crippen LogP contribution in [0.25, 0.3) is 0 Å². The fraction of sp³-hybridized carbons (Fsp3) is 1.00. The summed E-state index contributed by atoms with van der Waals surface area (Å²) in [5.74, 6) is 3.18. The average molecular weight is 211 g/mol. The van der Waals surface area contributed by atoms with Crippen LogP contribution in [0.5, 0.6) is 0 Å². The van der Waals surface area contributed by atoms with E-state index >= 15 is 0 Å². The summed E-state index contributed by atoms with van der Waals surface area (Å²) in [4.78, 5) is 0. The van der Waals surface area contributed by atoms with E-state index in [1.807, 2.05) is 0 Å². The number of rotatable bonds is 7. The van der Waals surface area contributed by atoms with Crippen LogP contribution in [-0.4, -0.2) is 26.3 Å². The lowest BCUT2D eigenvalue weighted by atomic mass is 9.91. The van der Waals surface area contributed by atoms with Gasteiger partial charge in [0.2, 0.25) is 0 Å². The van der Waals surface area contributed by atoms with Gasteiger partial charge in [-0.2, -0.15) is 0 Å². The molecule has 0 aromatic rings. The van der Waals surface area contributed by atoms with Crippen molar-refractivity contribution >= 4 is 0 Å². The quantitative estimate of drug-likeness (QED) is 0.653. The van der Waals surface area contributed by atoms with Crippen molar-refractivity contribution in [1.29, 1.82) is 0 Å². The van der Waals surface area contributed by atoms with Gasteiger partial charge in [-0.3, -0.25) is 0 Å². The highest BCUT2D eigenvalue weighted by Gasteiger charge is 2.47. The standard InChI is InChI=1S/C13H25NO/c1-3-14-13(5-4-6-15-2)12-8-10-7-11(10)9-12/h10-14H,3-9H2,1-2H3. The van der Waals surface area contributed by atoms with E-state index in [1.165, 1.54) is 32.1 Å². The minimum Gasteiger partial charge on any atom is -0.385 e. The zero-order valence-electron chi connectivity index (χ0n) is 10.2. The van der Waals surface area contributed by atoms with Crippen molar-refractivity contribution in [3.05, 3.63) is 0 Å². The molecule has 2 nitrogen and oxygen atoms in total. The maximum absolute atomic E-state index is 5.14. The largest absolute Gasteiger partial charge is 0.385 e. The molecule has 0 bridgehead atoms. The molecule has 3 unspecified atom stereocenters. The summed E-state index contributed by atoms with van der Waals surface area (Å²) in [5.41, 5.74) is 0. The monoisotopic (exact) mass is 211 g/mol. The highest BCUT2D eigenvalue weighted by atomic mass is 16.5. The van der Waals surface area contributed by atoms with Gasteiger partial charge in [0.05, 0.1) is 0 Å². The Hall–Kier alpha value is -0.0800. The smallest absolute Gasteiger partial charge is 0.0462 e. The number of methoxy groups -OCH3 is 1. The number of ether oxygens (including phenoxy) is 1. The van der Waals surface area contributed by atoms with E-state index < -0.39 is 0 Å². The first-order chi connectivity index (χ1) is 7.35. The lowest BCUT2D eigenvalue weighted by molar-refractivity contribution is 0.182. The zero-order chi connectivity index (χ0) is 10.7. The third-order valence-electron chi connectivity index (χ3n) is 4.18. The van der Waals surface area contributed by atoms with Crippen molar-refractivity contribution in [1.82, 2.24) is 5.32 Å². The summed E-state index contributed by atoms with van der Waals surface area (Å²) >= 11 is 0. The Morgan fingerprint density at radius 1 is 1.27 bits per heavy atom. The molecule has 0 amide bonds. The maximum atomic E-state index is 5.14. The Bertz CT molecular complexity index is 185. The predicted molar refractivity (Wildman–Crippen MR) is 62.9 cm³/mol. The highest BCUT2D eigenvalue weighted by Crippen LogP contribution is 2.55. The van der Waals surface area contributed by atoms with Crippen LogP contribution >= 0.6 is 0 Å². The van der Waals surface area contributed by atoms with Gasteiger partial charge in [-0.25, -0.2) is 0 Å². The summed E-state index contributed by atoms with van der Waals surface area (Å²) in [6, 6.07) is 0.762. The van der Waals surface area contributed by atoms with E-state index in [1.54, 1.807) is 7.11 Å². The third-order valence-corrected chi connectivity index (χ3v) is 4.18. The molecule has 1 N–H and O–H groups in total. The number of nitrogens with one attached hydrogen (secondary N) is 1. The fourth-order valence-electron chi connectivity index (χ4n) is 3.30. The van der Waals surface area contributed by atoms with E-state index in [9.17, 15) is 0 Å². The van der Waals surface area contributed by atoms with Crippen LogP contribution in [0.1, 0.15) is 39.0 Å². The van der Waals surface area contributed by atoms with Crippen molar-refractivity contribution in [3.8, 4) is 0 Å². The minimum absolute atomic E-state index is 0.762. The van der Waals surface area contributed by atoms with Crippen molar-refractivity contribution in [2.45, 2.75) is 45.1 Å². The first-order valence-corrected chi connectivity index (χ1v) is 6.57. The summed E-state index contributed by atoms with van der Waals surface area (Å²) < 4.78 is 5.14. The first-order valence-electron chi connectivity index (χ1n) is 6.57. The second-order valence-electron chi connectivity index (χ2n) is 5.29. The summed E-state index contributed by atoms with van der Waals surface area (Å²) in [6.07, 6.45) is 7.03. The van der Waals surface area contributed by atoms with Gasteiger partial charge >= 0.3 is 0 Å². The summed E-state index contributed by atoms with van der Waals surface area (Å²) in [5, 5.41) is 3.67. The Labute approximate surface area is 93.8 Å². The molecule has 0 heterocycles. The van der Waals surface area contributed by atoms with Crippen LogP contribution in [0.15, 0.2) is 0 Å². The molecular formula is C13H25NO. The van der Waals surface area contributed by atoms with Crippen LogP contribution in [0.3, 0.4) is 0 Å². The van der Waals surface area contributed by atoms with E-state index in [0.29, 0.717) is 0 Å². The maximum Gasteiger partial charge on any atom is 0.0462 e. The zero-order valence-corrected chi connectivity index (χ0v) is 10.2. The molecular weight excluding hydrogens is 186 g/mol. The number of fused-ring (bicyclic) bond motifs is 1. The second kappa shape index (κ2) is 5.31. The summed E-state index contributed by atoms with van der Waals surface area (Å²) in [6.45, 7) is 4.25. The molecule has 2 fully saturated rings. The molecule has 15 heavy (non-hydrogen) atoms. The lowest BCUT2D eigenvalue weighted by Crippen LogP contribution is -2.35. The molecule has 2 rings (SSSR count). The van der Waals surface area contributed by atoms with Gasteiger partial charge in [-0.1, -0.05) is 6.92 Å². The van der Waals surface area contributed by atoms with Crippen LogP contribution in [0.4, 0.5) is 0 Å². The van der Waals surface area contributed by atoms with E-state index in [2.05, 4.69) is 12.2 Å². The number of hydrogen-bond acceptors (Lipinski definition) is 2. The van der Waals surface area contributed by atoms with Gasteiger partial charge in [0.1, 0.15) is 0 Å². The fourth-order valence-corrected chi connectivity index (χ4v) is 3.30. The molecule has 0 aromatic carbocycles. The molecule has 3 atom stereocenters. The van der Waals surface area contributed by atoms with Crippen molar-refractivity contribution in [2.75, 3.05) is 20.3 Å². The van der Waals surface area contributed by atoms with Gasteiger partial charge < -0.3 is 10.1 Å². The molecule has 0 aliphatic heterocycles. The molecule has 0 radical (unpaired) electrons. The lowest BCUT2D eigenvalue weighted by Gasteiger charge is -2.25. The Morgan fingerprint density at radius 2 is 2.00 bits per heavy atom. The SMILES string of the molecule is CCNC(CCCOC)C1CC2CC2C1. The Morgan fingerprint density at radius 3 is 2.60 bits per heavy atom. The number of hydrogen-bond donors (Lipinski definition) is 1. The first kappa shape index (κ1) is 11.4. The molecule has 2 saturated carbocycles. The topological polar surface area (TPSA) is 21.3 Å². The van der Waals surface area contributed by atoms with Crippen LogP contribution < -0.4 is 5.32 Å². The van der Waals surface area contributed by atoms with Gasteiger partial charge in [-0.15, -0.1) is 0 Å². The average Bonchev–Trinajstić information content (AvgIpc) is 2.85. The highest BCUT2D eigenvalue weighted by molar-refractivity contribution is 4.99. The minimum atomic E-state index is 0.762. The normalized spacial score (nSPS) is 35.2. The van der Waals surface area contributed by atoms with Crippen molar-refractivity contribution in [3.63, 3.8) is 0 Å². The molecule has 2 heteroatoms. The van der Waals surface area contributed by atoms with Gasteiger partial charge in [0.15, 0.2) is 0 Å². The summed E-state index contributed by atoms with van der Waals surface area (Å²) in [7, 11) is 1.80. The van der Waals surface area contributed by atoms with Crippen molar-refractivity contribution < 1.29 is 4.74 Å². The molecule has 2 aliphatic rings. The Kier molecular flexibility index (Phi) is 4.04. The Balaban J connectivity index is 1.72. The van der Waals surface area contributed by atoms with E-state index in [-0.39, 0.29) is 0 Å². The predicted octanol–water partition coefficient (Wildman–Crippen LogP) is 2.44. The van der Waals surface area contributed by atoms with Gasteiger partial charge in [0.25, 0.3) is 0 Å². The molecule has 0 spiro atoms. The van der Waals surface area contributed by atoms with Crippen molar-refractivity contribution in [2.24, 2.45) is 17.8 Å². The second-order valence-corrected chi connectivity index (χ2v) is 5.29. The molecule has 2 aliphatic carbocycles. The van der Waals surface area contributed by atoms with Crippen LogP contribution in [-0.2, 0) is 4.74 Å². The van der Waals surface area contributed by atoms with E-state index in [4.69, 9.17) is 4.74 Å². The van der Waals surface area contributed by atoms with Gasteiger partial charge in [0, 0.05) is 19.8 Å². The third kappa shape index (κ3) is 2.94. The van der Waals surface area contributed by atoms with Gasteiger partial charge in [-0.05, 0) is 56.4 Å². The van der Waals surface area contributed by atoms with Crippen LogP contribution in [0, 0.1) is 17.8 Å². The molecule has 88 valence electrons. The van der Waals surface area contributed by atoms with Crippen LogP contribution in [0.2, 0.25) is 0 Å². The van der Waals surface area contributed by atoms with E-state index in [0.717, 1.165) is 36.9 Å². The molecule has 0 saturated heterocycles. The molecule has 0 aromatic heterocycles.